The monoisotopic (exact) mass is 711 g/mol. The Bertz CT molecular complexity index is 1960. The Kier molecular flexibility index (Phi) is 11.8. The van der Waals surface area contributed by atoms with Gasteiger partial charge in [0.25, 0.3) is 10.1 Å². The van der Waals surface area contributed by atoms with Gasteiger partial charge < -0.3 is 5.32 Å². The van der Waals surface area contributed by atoms with Crippen LogP contribution >= 0.6 is 11.6 Å². The molecule has 0 aromatic heterocycles. The van der Waals surface area contributed by atoms with Gasteiger partial charge >= 0.3 is 0 Å². The van der Waals surface area contributed by atoms with Crippen molar-refractivity contribution in [3.05, 3.63) is 130 Å². The van der Waals surface area contributed by atoms with Gasteiger partial charge in [-0.15, -0.1) is 0 Å². The van der Waals surface area contributed by atoms with Crippen molar-refractivity contribution in [3.8, 4) is 11.1 Å². The molecule has 0 saturated carbocycles. The minimum absolute atomic E-state index is 0.0141. The summed E-state index contributed by atoms with van der Waals surface area (Å²) >= 11 is 6.16. The van der Waals surface area contributed by atoms with Crippen LogP contribution in [0.1, 0.15) is 91.4 Å². The summed E-state index contributed by atoms with van der Waals surface area (Å²) in [6.45, 7) is 8.95. The summed E-state index contributed by atoms with van der Waals surface area (Å²) in [5.41, 5.74) is 8.94. The molecular formula is C42H46ClNO5S. The third-order valence-corrected chi connectivity index (χ3v) is 10.8. The molecule has 0 spiro atoms. The first-order chi connectivity index (χ1) is 23.7. The third-order valence-electron chi connectivity index (χ3n) is 9.81. The minimum atomic E-state index is -4.11. The lowest BCUT2D eigenvalue weighted by atomic mass is 9.72. The van der Waals surface area contributed by atoms with E-state index in [1.807, 2.05) is 61.5 Å². The quantitative estimate of drug-likeness (QED) is 0.113. The van der Waals surface area contributed by atoms with Gasteiger partial charge in [0, 0.05) is 22.7 Å². The maximum atomic E-state index is 14.0. The van der Waals surface area contributed by atoms with Gasteiger partial charge in [-0.05, 0) is 114 Å². The number of halogens is 1. The molecule has 262 valence electrons. The minimum Gasteiger partial charge on any atom is -0.326 e. The molecule has 4 aromatic rings. The Hall–Kier alpha value is -4.04. The van der Waals surface area contributed by atoms with Crippen LogP contribution < -0.4 is 5.32 Å². The van der Waals surface area contributed by atoms with Crippen LogP contribution in [-0.4, -0.2) is 30.4 Å². The van der Waals surface area contributed by atoms with Crippen LogP contribution in [0.15, 0.2) is 97.1 Å². The number of carbonyl (C=O) groups excluding carboxylic acids is 2. The van der Waals surface area contributed by atoms with Gasteiger partial charge in [-0.2, -0.15) is 8.42 Å². The second kappa shape index (κ2) is 15.9. The SMILES string of the molecule is Cc1cc(Cl)ccc1-c1ccc(NC(=O)C(Cc2ccc(C(=O)CCCS(=O)(=O)O)cc2)c2ccc(C3=CC[C@H](C(C)(C)C)CC3)cc2)cc1. The van der Waals surface area contributed by atoms with Crippen LogP contribution in [0.4, 0.5) is 5.69 Å². The number of nitrogens with one attached hydrogen (secondary N) is 1. The normalized spacial score (nSPS) is 15.6. The fourth-order valence-electron chi connectivity index (χ4n) is 6.71. The van der Waals surface area contributed by atoms with Gasteiger partial charge in [-0.25, -0.2) is 0 Å². The summed E-state index contributed by atoms with van der Waals surface area (Å²) in [5.74, 6) is -0.619. The van der Waals surface area contributed by atoms with E-state index < -0.39 is 21.8 Å². The molecular weight excluding hydrogens is 666 g/mol. The van der Waals surface area contributed by atoms with Crippen molar-refractivity contribution >= 4 is 44.7 Å². The lowest BCUT2D eigenvalue weighted by Gasteiger charge is -2.33. The molecule has 1 aliphatic rings. The zero-order chi connectivity index (χ0) is 36.1. The Morgan fingerprint density at radius 2 is 1.58 bits per heavy atom. The maximum absolute atomic E-state index is 14.0. The predicted molar refractivity (Wildman–Crippen MR) is 204 cm³/mol. The highest BCUT2D eigenvalue weighted by atomic mass is 35.5. The number of allylic oxidation sites excluding steroid dienone is 2. The van der Waals surface area contributed by atoms with Crippen molar-refractivity contribution in [2.75, 3.05) is 11.1 Å². The summed E-state index contributed by atoms with van der Waals surface area (Å²) in [4.78, 5) is 26.6. The average molecular weight is 712 g/mol. The number of Topliss-reactive ketones (excluding diaryl/α,β-unsaturated/α-hetero) is 1. The molecule has 5 rings (SSSR count). The first-order valence-corrected chi connectivity index (χ1v) is 19.2. The fraction of sp³-hybridized carbons (Fsp3) is 0.333. The van der Waals surface area contributed by atoms with E-state index in [0.29, 0.717) is 28.6 Å². The number of rotatable bonds is 12. The number of hydrogen-bond donors (Lipinski definition) is 2. The first kappa shape index (κ1) is 37.2. The molecule has 0 bridgehead atoms. The zero-order valence-corrected chi connectivity index (χ0v) is 30.8. The topological polar surface area (TPSA) is 101 Å². The number of benzene rings is 4. The smallest absolute Gasteiger partial charge is 0.264 e. The van der Waals surface area contributed by atoms with E-state index in [9.17, 15) is 18.0 Å². The number of ketones is 1. The van der Waals surface area contributed by atoms with Crippen LogP contribution in [-0.2, 0) is 21.3 Å². The summed E-state index contributed by atoms with van der Waals surface area (Å²) < 4.78 is 31.0. The Morgan fingerprint density at radius 3 is 2.16 bits per heavy atom. The van der Waals surface area contributed by atoms with Gasteiger partial charge in [0.2, 0.25) is 5.91 Å². The molecule has 0 heterocycles. The third kappa shape index (κ3) is 10.0. The Labute approximate surface area is 301 Å². The van der Waals surface area contributed by atoms with Gasteiger partial charge in [0.05, 0.1) is 11.7 Å². The maximum Gasteiger partial charge on any atom is 0.264 e. The van der Waals surface area contributed by atoms with E-state index in [1.165, 1.54) is 11.1 Å². The van der Waals surface area contributed by atoms with Crippen LogP contribution in [0.25, 0.3) is 16.7 Å². The van der Waals surface area contributed by atoms with Crippen molar-refractivity contribution in [1.82, 2.24) is 0 Å². The van der Waals surface area contributed by atoms with Crippen LogP contribution in [0.5, 0.6) is 0 Å². The Morgan fingerprint density at radius 1 is 0.920 bits per heavy atom. The number of amides is 1. The molecule has 2 atom stereocenters. The second-order valence-electron chi connectivity index (χ2n) is 14.5. The van der Waals surface area contributed by atoms with Crippen LogP contribution in [0.2, 0.25) is 5.02 Å². The summed E-state index contributed by atoms with van der Waals surface area (Å²) in [5, 5.41) is 3.82. The largest absolute Gasteiger partial charge is 0.326 e. The van der Waals surface area contributed by atoms with Crippen molar-refractivity contribution < 1.29 is 22.6 Å². The fourth-order valence-corrected chi connectivity index (χ4v) is 7.45. The lowest BCUT2D eigenvalue weighted by molar-refractivity contribution is -0.117. The molecule has 1 aliphatic carbocycles. The molecule has 8 heteroatoms. The van der Waals surface area contributed by atoms with E-state index in [1.54, 1.807) is 12.1 Å². The molecule has 0 aliphatic heterocycles. The predicted octanol–water partition coefficient (Wildman–Crippen LogP) is 10.4. The lowest BCUT2D eigenvalue weighted by Crippen LogP contribution is -2.23. The van der Waals surface area contributed by atoms with E-state index in [4.69, 9.17) is 16.2 Å². The Balaban J connectivity index is 1.35. The molecule has 1 unspecified atom stereocenters. The van der Waals surface area contributed by atoms with E-state index >= 15 is 0 Å². The van der Waals surface area contributed by atoms with Crippen molar-refractivity contribution in [1.29, 1.82) is 0 Å². The molecule has 4 aromatic carbocycles. The molecule has 6 nitrogen and oxygen atoms in total. The van der Waals surface area contributed by atoms with E-state index in [2.05, 4.69) is 56.4 Å². The zero-order valence-electron chi connectivity index (χ0n) is 29.2. The van der Waals surface area contributed by atoms with Crippen LogP contribution in [0.3, 0.4) is 0 Å². The first-order valence-electron chi connectivity index (χ1n) is 17.2. The van der Waals surface area contributed by atoms with Crippen molar-refractivity contribution in [3.63, 3.8) is 0 Å². The summed E-state index contributed by atoms with van der Waals surface area (Å²) in [6, 6.07) is 29.0. The van der Waals surface area contributed by atoms with E-state index in [0.717, 1.165) is 47.1 Å². The highest BCUT2D eigenvalue weighted by Gasteiger charge is 2.27. The number of hydrogen-bond acceptors (Lipinski definition) is 4. The van der Waals surface area contributed by atoms with Gasteiger partial charge in [0.1, 0.15) is 0 Å². The van der Waals surface area contributed by atoms with Gasteiger partial charge in [0.15, 0.2) is 5.78 Å². The summed E-state index contributed by atoms with van der Waals surface area (Å²) in [7, 11) is -4.11. The molecule has 0 fully saturated rings. The van der Waals surface area contributed by atoms with Crippen molar-refractivity contribution in [2.45, 2.75) is 72.1 Å². The number of anilines is 1. The number of aryl methyl sites for hydroxylation is 1. The average Bonchev–Trinajstić information content (AvgIpc) is 3.07. The molecule has 1 amide bonds. The highest BCUT2D eigenvalue weighted by molar-refractivity contribution is 7.85. The molecule has 0 radical (unpaired) electrons. The highest BCUT2D eigenvalue weighted by Crippen LogP contribution is 2.40. The summed E-state index contributed by atoms with van der Waals surface area (Å²) in [6.07, 6.45) is 6.13. The standard InChI is InChI=1S/C42H46ClNO5S/c1-28-26-36(43)21-24-38(28)32-17-22-37(23-18-32)44-41(46)39(27-29-7-9-34(10-8-29)40(45)6-5-25-50(47,48)49)33-13-11-30(12-14-33)31-15-19-35(20-16-31)42(2,3)4/h7-15,17-18,21-24,26,35,39H,5-6,16,19-20,25,27H2,1-4H3,(H,44,46)(H,47,48,49)/t35-,39?/m0/s1. The number of carbonyl (C=O) groups is 2. The molecule has 2 N–H and O–H groups in total. The second-order valence-corrected chi connectivity index (χ2v) is 16.5. The van der Waals surface area contributed by atoms with Gasteiger partial charge in [-0.3, -0.25) is 14.1 Å². The van der Waals surface area contributed by atoms with Gasteiger partial charge in [-0.1, -0.05) is 105 Å². The molecule has 50 heavy (non-hydrogen) atoms. The van der Waals surface area contributed by atoms with Crippen molar-refractivity contribution in [2.24, 2.45) is 11.3 Å². The van der Waals surface area contributed by atoms with Crippen LogP contribution in [0, 0.1) is 18.3 Å². The van der Waals surface area contributed by atoms with E-state index in [-0.39, 0.29) is 29.9 Å². The molecule has 0 saturated heterocycles.